The van der Waals surface area contributed by atoms with Gasteiger partial charge in [-0.1, -0.05) is 42.5 Å². The molecule has 2 nitrogen and oxygen atoms in total. The van der Waals surface area contributed by atoms with Crippen LogP contribution in [-0.2, 0) is 10.2 Å². The van der Waals surface area contributed by atoms with E-state index < -0.39 is 5.41 Å². The average molecular weight is 231 g/mol. The van der Waals surface area contributed by atoms with E-state index in [0.717, 1.165) is 12.0 Å². The van der Waals surface area contributed by atoms with Gasteiger partial charge >= 0.3 is 0 Å². The highest BCUT2D eigenvalue weighted by Gasteiger charge is 2.28. The van der Waals surface area contributed by atoms with E-state index in [1.807, 2.05) is 57.2 Å². The minimum absolute atomic E-state index is 0.0770. The van der Waals surface area contributed by atoms with Crippen LogP contribution in [0.3, 0.4) is 0 Å². The molecule has 0 unspecified atom stereocenters. The van der Waals surface area contributed by atoms with Gasteiger partial charge in [0.25, 0.3) is 0 Å². The Kier molecular flexibility index (Phi) is 4.95. The van der Waals surface area contributed by atoms with Gasteiger partial charge in [-0.3, -0.25) is 4.79 Å². The summed E-state index contributed by atoms with van der Waals surface area (Å²) < 4.78 is 0. The van der Waals surface area contributed by atoms with Crippen molar-refractivity contribution in [3.63, 3.8) is 0 Å². The van der Waals surface area contributed by atoms with E-state index in [0.29, 0.717) is 6.54 Å². The first-order valence-corrected chi connectivity index (χ1v) is 6.04. The zero-order chi connectivity index (χ0) is 12.7. The number of hydrogen-bond acceptors (Lipinski definition) is 1. The highest BCUT2D eigenvalue weighted by atomic mass is 16.2. The monoisotopic (exact) mass is 231 g/mol. The molecule has 0 heterocycles. The van der Waals surface area contributed by atoms with Crippen molar-refractivity contribution in [3.05, 3.63) is 48.0 Å². The van der Waals surface area contributed by atoms with E-state index >= 15 is 0 Å². The van der Waals surface area contributed by atoms with Gasteiger partial charge in [-0.25, -0.2) is 0 Å². The van der Waals surface area contributed by atoms with E-state index in [9.17, 15) is 4.79 Å². The van der Waals surface area contributed by atoms with E-state index in [1.165, 1.54) is 0 Å². The van der Waals surface area contributed by atoms with Gasteiger partial charge < -0.3 is 5.32 Å². The summed E-state index contributed by atoms with van der Waals surface area (Å²) in [5, 5.41) is 2.97. The Bertz CT molecular complexity index is 379. The molecule has 2 heteroatoms. The normalized spacial score (nSPS) is 11.7. The molecule has 0 saturated carbocycles. The Morgan fingerprint density at radius 1 is 1.29 bits per heavy atom. The first-order valence-electron chi connectivity index (χ1n) is 6.04. The molecular formula is C15H21NO. The molecule has 0 spiro atoms. The first kappa shape index (κ1) is 13.5. The van der Waals surface area contributed by atoms with Crippen molar-refractivity contribution in [2.24, 2.45) is 0 Å². The number of allylic oxidation sites excluding steroid dienone is 1. The summed E-state index contributed by atoms with van der Waals surface area (Å²) in [6.07, 6.45) is 4.93. The molecule has 92 valence electrons. The second kappa shape index (κ2) is 6.24. The van der Waals surface area contributed by atoms with Gasteiger partial charge in [0.2, 0.25) is 5.91 Å². The highest BCUT2D eigenvalue weighted by molar-refractivity contribution is 5.87. The molecule has 0 fully saturated rings. The molecule has 0 aliphatic heterocycles. The standard InChI is InChI=1S/C15H21NO/c1-4-5-9-12-16-14(17)15(2,3)13-10-7-6-8-11-13/h4-8,10-11H,9,12H2,1-3H3,(H,16,17)/b5-4+. The van der Waals surface area contributed by atoms with Gasteiger partial charge in [0.1, 0.15) is 0 Å². The Labute approximate surface area is 104 Å². The summed E-state index contributed by atoms with van der Waals surface area (Å²) in [5.41, 5.74) is 0.570. The number of carbonyl (C=O) groups excluding carboxylic acids is 1. The zero-order valence-corrected chi connectivity index (χ0v) is 10.9. The molecule has 1 aromatic carbocycles. The maximum absolute atomic E-state index is 12.1. The SMILES string of the molecule is C/C=C/CCNC(=O)C(C)(C)c1ccccc1. The molecular weight excluding hydrogens is 210 g/mol. The lowest BCUT2D eigenvalue weighted by Gasteiger charge is -2.24. The third-order valence-corrected chi connectivity index (χ3v) is 2.90. The Hall–Kier alpha value is -1.57. The van der Waals surface area contributed by atoms with E-state index in [2.05, 4.69) is 11.4 Å². The third-order valence-electron chi connectivity index (χ3n) is 2.90. The molecule has 0 saturated heterocycles. The van der Waals surface area contributed by atoms with Crippen LogP contribution in [0, 0.1) is 0 Å². The zero-order valence-electron chi connectivity index (χ0n) is 10.9. The van der Waals surface area contributed by atoms with Gasteiger partial charge in [-0.2, -0.15) is 0 Å². The summed E-state index contributed by atoms with van der Waals surface area (Å²) >= 11 is 0. The van der Waals surface area contributed by atoms with Crippen molar-refractivity contribution < 1.29 is 4.79 Å². The number of nitrogens with one attached hydrogen (secondary N) is 1. The maximum atomic E-state index is 12.1. The summed E-state index contributed by atoms with van der Waals surface area (Å²) in [6, 6.07) is 9.87. The molecule has 0 atom stereocenters. The lowest BCUT2D eigenvalue weighted by Crippen LogP contribution is -2.40. The lowest BCUT2D eigenvalue weighted by molar-refractivity contribution is -0.125. The Balaban J connectivity index is 2.61. The molecule has 1 amide bonds. The van der Waals surface area contributed by atoms with Gasteiger partial charge in [-0.05, 0) is 32.8 Å². The maximum Gasteiger partial charge on any atom is 0.230 e. The molecule has 0 aliphatic rings. The number of rotatable bonds is 5. The second-order valence-corrected chi connectivity index (χ2v) is 4.60. The molecule has 17 heavy (non-hydrogen) atoms. The fourth-order valence-corrected chi connectivity index (χ4v) is 1.64. The summed E-state index contributed by atoms with van der Waals surface area (Å²) in [7, 11) is 0. The molecule has 0 bridgehead atoms. The third kappa shape index (κ3) is 3.74. The fourth-order valence-electron chi connectivity index (χ4n) is 1.64. The lowest BCUT2D eigenvalue weighted by atomic mass is 9.84. The molecule has 0 aliphatic carbocycles. The smallest absolute Gasteiger partial charge is 0.230 e. The molecule has 0 aromatic heterocycles. The summed E-state index contributed by atoms with van der Waals surface area (Å²) in [6.45, 7) is 6.58. The van der Waals surface area contributed by atoms with Crippen molar-refractivity contribution in [1.29, 1.82) is 0 Å². The van der Waals surface area contributed by atoms with Crippen molar-refractivity contribution in [2.75, 3.05) is 6.54 Å². The predicted octanol–water partition coefficient (Wildman–Crippen LogP) is 3.05. The van der Waals surface area contributed by atoms with Crippen molar-refractivity contribution in [1.82, 2.24) is 5.32 Å². The number of carbonyl (C=O) groups is 1. The number of amides is 1. The van der Waals surface area contributed by atoms with Crippen molar-refractivity contribution in [3.8, 4) is 0 Å². The van der Waals surface area contributed by atoms with Crippen LogP contribution in [0.4, 0.5) is 0 Å². The van der Waals surface area contributed by atoms with Crippen LogP contribution < -0.4 is 5.32 Å². The minimum atomic E-state index is -0.475. The topological polar surface area (TPSA) is 29.1 Å². The largest absolute Gasteiger partial charge is 0.355 e. The molecule has 1 N–H and O–H groups in total. The van der Waals surface area contributed by atoms with Gasteiger partial charge in [-0.15, -0.1) is 0 Å². The average Bonchev–Trinajstić information content (AvgIpc) is 2.35. The van der Waals surface area contributed by atoms with Crippen LogP contribution >= 0.6 is 0 Å². The Morgan fingerprint density at radius 2 is 1.94 bits per heavy atom. The van der Waals surface area contributed by atoms with Crippen LogP contribution in [0.2, 0.25) is 0 Å². The minimum Gasteiger partial charge on any atom is -0.355 e. The van der Waals surface area contributed by atoms with Crippen LogP contribution in [0.1, 0.15) is 32.8 Å². The van der Waals surface area contributed by atoms with Crippen molar-refractivity contribution >= 4 is 5.91 Å². The van der Waals surface area contributed by atoms with Gasteiger partial charge in [0.15, 0.2) is 0 Å². The number of hydrogen-bond donors (Lipinski definition) is 1. The van der Waals surface area contributed by atoms with E-state index in [4.69, 9.17) is 0 Å². The highest BCUT2D eigenvalue weighted by Crippen LogP contribution is 2.22. The summed E-state index contributed by atoms with van der Waals surface area (Å²) in [5.74, 6) is 0.0770. The second-order valence-electron chi connectivity index (χ2n) is 4.60. The number of benzene rings is 1. The molecule has 0 radical (unpaired) electrons. The van der Waals surface area contributed by atoms with Crippen LogP contribution in [0.25, 0.3) is 0 Å². The Morgan fingerprint density at radius 3 is 2.53 bits per heavy atom. The quantitative estimate of drug-likeness (QED) is 0.612. The molecule has 1 rings (SSSR count). The van der Waals surface area contributed by atoms with Gasteiger partial charge in [0.05, 0.1) is 5.41 Å². The van der Waals surface area contributed by atoms with E-state index in [1.54, 1.807) is 0 Å². The van der Waals surface area contributed by atoms with Gasteiger partial charge in [0, 0.05) is 6.54 Å². The first-order chi connectivity index (χ1) is 8.09. The van der Waals surface area contributed by atoms with Crippen LogP contribution in [0.15, 0.2) is 42.5 Å². The predicted molar refractivity (Wildman–Crippen MR) is 71.9 cm³/mol. The summed E-state index contributed by atoms with van der Waals surface area (Å²) in [4.78, 5) is 12.1. The van der Waals surface area contributed by atoms with Crippen LogP contribution in [-0.4, -0.2) is 12.5 Å². The molecule has 1 aromatic rings. The van der Waals surface area contributed by atoms with E-state index in [-0.39, 0.29) is 5.91 Å². The van der Waals surface area contributed by atoms with Crippen LogP contribution in [0.5, 0.6) is 0 Å². The fraction of sp³-hybridized carbons (Fsp3) is 0.400. The van der Waals surface area contributed by atoms with Crippen molar-refractivity contribution in [2.45, 2.75) is 32.6 Å².